The summed E-state index contributed by atoms with van der Waals surface area (Å²) in [5.74, 6) is -0.213. The van der Waals surface area contributed by atoms with Crippen molar-refractivity contribution in [1.82, 2.24) is 0 Å². The number of hydrogen-bond acceptors (Lipinski definition) is 4. The van der Waals surface area contributed by atoms with Crippen LogP contribution >= 0.6 is 0 Å². The molecule has 1 amide bonds. The maximum absolute atomic E-state index is 11.9. The molecule has 1 aliphatic heterocycles. The number of carbonyl (C=O) groups is 2. The molecule has 1 aromatic rings. The molecule has 1 aromatic carbocycles. The molecule has 0 saturated heterocycles. The van der Waals surface area contributed by atoms with Gasteiger partial charge in [0, 0.05) is 24.7 Å². The Balaban J connectivity index is 2.42. The van der Waals surface area contributed by atoms with Gasteiger partial charge in [-0.25, -0.2) is 0 Å². The minimum absolute atomic E-state index is 0.0537. The highest BCUT2D eigenvalue weighted by Crippen LogP contribution is 2.27. The summed E-state index contributed by atoms with van der Waals surface area (Å²) in [6.45, 7) is 1.46. The van der Waals surface area contributed by atoms with E-state index in [1.54, 1.807) is 30.1 Å². The van der Waals surface area contributed by atoms with E-state index in [1.807, 2.05) is 0 Å². The van der Waals surface area contributed by atoms with E-state index in [0.717, 1.165) is 24.1 Å². The molecule has 1 heterocycles. The summed E-state index contributed by atoms with van der Waals surface area (Å²) in [5, 5.41) is 11.6. The molecule has 0 aliphatic carbocycles. The first-order valence-corrected chi connectivity index (χ1v) is 6.17. The highest BCUT2D eigenvalue weighted by molar-refractivity contribution is 6.45. The van der Waals surface area contributed by atoms with Crippen molar-refractivity contribution in [2.75, 3.05) is 11.9 Å². The van der Waals surface area contributed by atoms with Gasteiger partial charge in [0.25, 0.3) is 0 Å². The summed E-state index contributed by atoms with van der Waals surface area (Å²) in [6, 6.07) is 5.21. The van der Waals surface area contributed by atoms with E-state index in [1.165, 1.54) is 6.92 Å². The predicted octanol–water partition coefficient (Wildman–Crippen LogP) is 2.02. The summed E-state index contributed by atoms with van der Waals surface area (Å²) in [5.41, 5.74) is 2.36. The van der Waals surface area contributed by atoms with Crippen LogP contribution in [0.1, 0.15) is 35.7 Å². The molecular weight excluding hydrogens is 244 g/mol. The minimum Gasteiger partial charge on any atom is -0.411 e. The number of rotatable bonds is 2. The first-order valence-electron chi connectivity index (χ1n) is 6.17. The van der Waals surface area contributed by atoms with Crippen LogP contribution in [0.3, 0.4) is 0 Å². The van der Waals surface area contributed by atoms with Gasteiger partial charge in [0.2, 0.25) is 11.7 Å². The van der Waals surface area contributed by atoms with E-state index < -0.39 is 0 Å². The minimum atomic E-state index is -0.302. The van der Waals surface area contributed by atoms with E-state index in [9.17, 15) is 9.59 Å². The number of nitrogens with zero attached hydrogens (tertiary/aromatic N) is 2. The third-order valence-corrected chi connectivity index (χ3v) is 3.39. The molecule has 100 valence electrons. The summed E-state index contributed by atoms with van der Waals surface area (Å²) < 4.78 is 0. The standard InChI is InChI=1S/C14H16N2O3/c1-9(15-19)14(18)11-6-7-12-10(8-11)4-3-5-13(17)16(12)2/h6-8,19H,3-5H2,1-2H3. The monoisotopic (exact) mass is 260 g/mol. The van der Waals surface area contributed by atoms with Crippen LogP contribution in [0.25, 0.3) is 0 Å². The van der Waals surface area contributed by atoms with Gasteiger partial charge in [-0.3, -0.25) is 9.59 Å². The topological polar surface area (TPSA) is 70.0 Å². The van der Waals surface area contributed by atoms with Crippen molar-refractivity contribution in [3.63, 3.8) is 0 Å². The van der Waals surface area contributed by atoms with Crippen LogP contribution in [0.15, 0.2) is 23.4 Å². The smallest absolute Gasteiger partial charge is 0.226 e. The number of carbonyl (C=O) groups excluding carboxylic acids is 2. The lowest BCUT2D eigenvalue weighted by atomic mass is 10.0. The molecule has 0 fully saturated rings. The van der Waals surface area contributed by atoms with Crippen LogP contribution in [0.5, 0.6) is 0 Å². The predicted molar refractivity (Wildman–Crippen MR) is 72.0 cm³/mol. The Morgan fingerprint density at radius 2 is 2.11 bits per heavy atom. The zero-order chi connectivity index (χ0) is 14.0. The van der Waals surface area contributed by atoms with Crippen LogP contribution in [0, 0.1) is 0 Å². The fourth-order valence-electron chi connectivity index (χ4n) is 2.24. The second kappa shape index (κ2) is 5.22. The van der Waals surface area contributed by atoms with Gasteiger partial charge in [0.15, 0.2) is 0 Å². The Kier molecular flexibility index (Phi) is 3.64. The molecule has 5 nitrogen and oxygen atoms in total. The number of benzene rings is 1. The van der Waals surface area contributed by atoms with E-state index in [2.05, 4.69) is 5.16 Å². The zero-order valence-corrected chi connectivity index (χ0v) is 11.0. The molecule has 1 aliphatic rings. The number of aryl methyl sites for hydroxylation is 1. The van der Waals surface area contributed by atoms with Crippen molar-refractivity contribution in [2.24, 2.45) is 5.16 Å². The van der Waals surface area contributed by atoms with Crippen LogP contribution < -0.4 is 4.90 Å². The Labute approximate surface area is 111 Å². The van der Waals surface area contributed by atoms with Crippen LogP contribution in [0.4, 0.5) is 5.69 Å². The molecule has 5 heteroatoms. The molecule has 2 rings (SSSR count). The molecule has 0 bridgehead atoms. The Bertz CT molecular complexity index is 564. The van der Waals surface area contributed by atoms with Gasteiger partial charge in [-0.1, -0.05) is 5.16 Å². The van der Waals surface area contributed by atoms with Gasteiger partial charge in [-0.05, 0) is 43.5 Å². The number of hydrogen-bond donors (Lipinski definition) is 1. The molecule has 0 radical (unpaired) electrons. The molecule has 0 saturated carbocycles. The van der Waals surface area contributed by atoms with Crippen molar-refractivity contribution < 1.29 is 14.8 Å². The van der Waals surface area contributed by atoms with E-state index in [0.29, 0.717) is 12.0 Å². The number of fused-ring (bicyclic) bond motifs is 1. The lowest BCUT2D eigenvalue weighted by Gasteiger charge is -2.17. The summed E-state index contributed by atoms with van der Waals surface area (Å²) in [4.78, 5) is 25.3. The second-order valence-electron chi connectivity index (χ2n) is 4.66. The van der Waals surface area contributed by atoms with Crippen LogP contribution in [0.2, 0.25) is 0 Å². The van der Waals surface area contributed by atoms with Gasteiger partial charge in [0.1, 0.15) is 5.71 Å². The average molecular weight is 260 g/mol. The largest absolute Gasteiger partial charge is 0.411 e. The van der Waals surface area contributed by atoms with Crippen molar-refractivity contribution >= 4 is 23.1 Å². The summed E-state index contributed by atoms with van der Waals surface area (Å²) >= 11 is 0. The Morgan fingerprint density at radius 3 is 2.79 bits per heavy atom. The lowest BCUT2D eigenvalue weighted by Crippen LogP contribution is -2.25. The quantitative estimate of drug-likeness (QED) is 0.383. The maximum Gasteiger partial charge on any atom is 0.226 e. The maximum atomic E-state index is 11.9. The Hall–Kier alpha value is -2.17. The van der Waals surface area contributed by atoms with Crippen molar-refractivity contribution in [3.8, 4) is 0 Å². The fraction of sp³-hybridized carbons (Fsp3) is 0.357. The molecule has 0 aromatic heterocycles. The van der Waals surface area contributed by atoms with Gasteiger partial charge < -0.3 is 10.1 Å². The number of ketones is 1. The molecule has 0 unspecified atom stereocenters. The van der Waals surface area contributed by atoms with E-state index in [-0.39, 0.29) is 17.4 Å². The van der Waals surface area contributed by atoms with Gasteiger partial charge in [-0.2, -0.15) is 0 Å². The van der Waals surface area contributed by atoms with E-state index >= 15 is 0 Å². The SMILES string of the molecule is CC(=NO)C(=O)c1ccc2c(c1)CCCC(=O)N2C. The molecule has 0 atom stereocenters. The fourth-order valence-corrected chi connectivity index (χ4v) is 2.24. The summed E-state index contributed by atoms with van der Waals surface area (Å²) in [7, 11) is 1.74. The normalized spacial score (nSPS) is 16.0. The molecule has 0 spiro atoms. The third-order valence-electron chi connectivity index (χ3n) is 3.39. The molecule has 1 N–H and O–H groups in total. The zero-order valence-electron chi connectivity index (χ0n) is 11.0. The molecule has 19 heavy (non-hydrogen) atoms. The first kappa shape index (κ1) is 13.3. The van der Waals surface area contributed by atoms with Crippen molar-refractivity contribution in [1.29, 1.82) is 0 Å². The van der Waals surface area contributed by atoms with Crippen LogP contribution in [-0.2, 0) is 11.2 Å². The highest BCUT2D eigenvalue weighted by atomic mass is 16.4. The number of amides is 1. The average Bonchev–Trinajstić information content (AvgIpc) is 2.57. The van der Waals surface area contributed by atoms with Crippen molar-refractivity contribution in [3.05, 3.63) is 29.3 Å². The van der Waals surface area contributed by atoms with Gasteiger partial charge in [-0.15, -0.1) is 0 Å². The summed E-state index contributed by atoms with van der Waals surface area (Å²) in [6.07, 6.45) is 2.06. The first-order chi connectivity index (χ1) is 9.04. The number of anilines is 1. The lowest BCUT2D eigenvalue weighted by molar-refractivity contribution is -0.118. The highest BCUT2D eigenvalue weighted by Gasteiger charge is 2.20. The van der Waals surface area contributed by atoms with Crippen LogP contribution in [-0.4, -0.2) is 29.7 Å². The Morgan fingerprint density at radius 1 is 1.37 bits per heavy atom. The number of Topliss-reactive ketones (excluding diaryl/α,β-unsaturated/α-hetero) is 1. The van der Waals surface area contributed by atoms with Gasteiger partial charge in [0.05, 0.1) is 0 Å². The number of oxime groups is 1. The third kappa shape index (κ3) is 2.50. The van der Waals surface area contributed by atoms with E-state index in [4.69, 9.17) is 5.21 Å². The van der Waals surface area contributed by atoms with Gasteiger partial charge >= 0.3 is 0 Å². The van der Waals surface area contributed by atoms with Crippen molar-refractivity contribution in [2.45, 2.75) is 26.2 Å². The molecular formula is C14H16N2O3. The second-order valence-corrected chi connectivity index (χ2v) is 4.66.